The molecule has 0 spiro atoms. The van der Waals surface area contributed by atoms with Gasteiger partial charge in [0.15, 0.2) is 14.1 Å². The first-order valence-electron chi connectivity index (χ1n) is 13.8. The van der Waals surface area contributed by atoms with Gasteiger partial charge >= 0.3 is 6.03 Å². The number of amides is 2. The summed E-state index contributed by atoms with van der Waals surface area (Å²) in [5, 5.41) is 14.6. The van der Waals surface area contributed by atoms with Crippen LogP contribution in [0.3, 0.4) is 0 Å². The summed E-state index contributed by atoms with van der Waals surface area (Å²) in [4.78, 5) is 21.5. The van der Waals surface area contributed by atoms with E-state index in [1.807, 2.05) is 4.68 Å². The van der Waals surface area contributed by atoms with Gasteiger partial charge in [0.2, 0.25) is 0 Å². The topological polar surface area (TPSA) is 112 Å². The molecule has 2 heterocycles. The van der Waals surface area contributed by atoms with Crippen molar-refractivity contribution in [2.24, 2.45) is 0 Å². The zero-order valence-corrected chi connectivity index (χ0v) is 26.0. The summed E-state index contributed by atoms with van der Waals surface area (Å²) in [6.45, 7) is 14.0. The van der Waals surface area contributed by atoms with E-state index in [0.29, 0.717) is 29.7 Å². The summed E-state index contributed by atoms with van der Waals surface area (Å²) in [5.41, 5.74) is 0.180. The minimum Gasteiger partial charge on any atom is -0.409 e. The number of carbonyl (C=O) groups excluding carboxylic acids is 1. The van der Waals surface area contributed by atoms with Crippen LogP contribution in [-0.2, 0) is 24.1 Å². The van der Waals surface area contributed by atoms with Gasteiger partial charge in [0.25, 0.3) is 0 Å². The van der Waals surface area contributed by atoms with Crippen LogP contribution in [0.15, 0.2) is 24.5 Å². The predicted octanol–water partition coefficient (Wildman–Crippen LogP) is 5.68. The molecule has 2 aromatic heterocycles. The summed E-state index contributed by atoms with van der Waals surface area (Å²) < 4.78 is 24.4. The predicted molar refractivity (Wildman–Crippen MR) is 154 cm³/mol. The van der Waals surface area contributed by atoms with E-state index < -0.39 is 20.2 Å². The molecule has 40 heavy (non-hydrogen) atoms. The Morgan fingerprint density at radius 2 is 1.82 bits per heavy atom. The van der Waals surface area contributed by atoms with Gasteiger partial charge in [0.05, 0.1) is 35.9 Å². The summed E-state index contributed by atoms with van der Waals surface area (Å²) in [6, 6.07) is 3.98. The van der Waals surface area contributed by atoms with Crippen molar-refractivity contribution in [1.29, 1.82) is 0 Å². The number of aryl methyl sites for hydroxylation is 1. The second-order valence-corrected chi connectivity index (χ2v) is 17.2. The van der Waals surface area contributed by atoms with Gasteiger partial charge in [-0.3, -0.25) is 0 Å². The number of aromatic nitrogens is 6. The maximum atomic E-state index is 14.0. The van der Waals surface area contributed by atoms with Gasteiger partial charge in [0.1, 0.15) is 23.8 Å². The standard InChI is InChI=1S/C27H40ClFN8O2Si/c1-19-34-24(37(35-19)20-10-11-21(28)22(29)14-20)16-31-25(38)30-15-23-32-18-33-36(23)17-27(12-8-7-9-13-27)39-40(5,6)26(2,3)4/h10-11,14,18H,7-9,12-13,15-17H2,1-6H3,(H2,30,31,38). The van der Waals surface area contributed by atoms with E-state index >= 15 is 0 Å². The maximum absolute atomic E-state index is 14.0. The Bertz CT molecular complexity index is 1330. The van der Waals surface area contributed by atoms with Gasteiger partial charge in [-0.15, -0.1) is 0 Å². The highest BCUT2D eigenvalue weighted by atomic mass is 35.5. The molecule has 0 bridgehead atoms. The number of nitrogens with zero attached hydrogens (tertiary/aromatic N) is 6. The maximum Gasteiger partial charge on any atom is 0.315 e. The summed E-state index contributed by atoms with van der Waals surface area (Å²) >= 11 is 5.81. The van der Waals surface area contributed by atoms with Gasteiger partial charge in [-0.05, 0) is 50.0 Å². The Labute approximate surface area is 241 Å². The lowest BCUT2D eigenvalue weighted by Crippen LogP contribution is -2.52. The molecule has 2 amide bonds. The Hall–Kier alpha value is -2.83. The molecule has 4 rings (SSSR count). The molecule has 3 aromatic rings. The van der Waals surface area contributed by atoms with Crippen molar-refractivity contribution < 1.29 is 13.6 Å². The van der Waals surface area contributed by atoms with Gasteiger partial charge in [-0.25, -0.2) is 28.5 Å². The van der Waals surface area contributed by atoms with E-state index in [-0.39, 0.29) is 28.8 Å². The second kappa shape index (κ2) is 12.0. The Balaban J connectivity index is 1.39. The molecule has 1 fully saturated rings. The monoisotopic (exact) mass is 590 g/mol. The smallest absolute Gasteiger partial charge is 0.315 e. The minimum atomic E-state index is -2.01. The van der Waals surface area contributed by atoms with Crippen LogP contribution in [0.4, 0.5) is 9.18 Å². The summed E-state index contributed by atoms with van der Waals surface area (Å²) in [5.74, 6) is 1.06. The summed E-state index contributed by atoms with van der Waals surface area (Å²) in [7, 11) is -2.01. The Morgan fingerprint density at radius 1 is 1.15 bits per heavy atom. The molecule has 0 atom stereocenters. The number of benzene rings is 1. The number of halogens is 2. The van der Waals surface area contributed by atoms with Crippen molar-refractivity contribution in [3.05, 3.63) is 52.8 Å². The fourth-order valence-electron chi connectivity index (χ4n) is 4.79. The molecule has 1 aliphatic rings. The van der Waals surface area contributed by atoms with Crippen LogP contribution >= 0.6 is 11.6 Å². The molecular formula is C27H40ClFN8O2Si. The highest BCUT2D eigenvalue weighted by molar-refractivity contribution is 6.74. The van der Waals surface area contributed by atoms with Crippen LogP contribution in [0, 0.1) is 12.7 Å². The molecule has 218 valence electrons. The molecule has 0 unspecified atom stereocenters. The zero-order valence-electron chi connectivity index (χ0n) is 24.2. The minimum absolute atomic E-state index is 0.0217. The largest absolute Gasteiger partial charge is 0.409 e. The van der Waals surface area contributed by atoms with Crippen LogP contribution in [0.5, 0.6) is 0 Å². The van der Waals surface area contributed by atoms with Crippen molar-refractivity contribution in [2.45, 2.75) is 103 Å². The van der Waals surface area contributed by atoms with Gasteiger partial charge in [-0.2, -0.15) is 10.2 Å². The summed E-state index contributed by atoms with van der Waals surface area (Å²) in [6.07, 6.45) is 6.98. The van der Waals surface area contributed by atoms with Crippen LogP contribution in [0.25, 0.3) is 5.69 Å². The van der Waals surface area contributed by atoms with E-state index in [0.717, 1.165) is 25.7 Å². The Morgan fingerprint density at radius 3 is 2.48 bits per heavy atom. The van der Waals surface area contributed by atoms with E-state index in [9.17, 15) is 9.18 Å². The molecular weight excluding hydrogens is 551 g/mol. The normalized spacial score (nSPS) is 15.7. The number of hydrogen-bond donors (Lipinski definition) is 2. The van der Waals surface area contributed by atoms with E-state index in [1.54, 1.807) is 13.0 Å². The zero-order chi connectivity index (χ0) is 29.1. The molecule has 0 radical (unpaired) electrons. The lowest BCUT2D eigenvalue weighted by Gasteiger charge is -2.47. The number of hydrogen-bond acceptors (Lipinski definition) is 6. The Kier molecular flexibility index (Phi) is 9.01. The third-order valence-electron chi connectivity index (χ3n) is 7.92. The van der Waals surface area contributed by atoms with Crippen molar-refractivity contribution in [3.63, 3.8) is 0 Å². The average Bonchev–Trinajstić information content (AvgIpc) is 3.48. The van der Waals surface area contributed by atoms with E-state index in [2.05, 4.69) is 64.7 Å². The lowest BCUT2D eigenvalue weighted by molar-refractivity contribution is -0.00279. The third kappa shape index (κ3) is 7.08. The van der Waals surface area contributed by atoms with Crippen LogP contribution in [0.2, 0.25) is 23.2 Å². The number of carbonyl (C=O) groups is 1. The van der Waals surface area contributed by atoms with Crippen molar-refractivity contribution in [2.75, 3.05) is 0 Å². The molecule has 1 aromatic carbocycles. The van der Waals surface area contributed by atoms with Crippen LogP contribution in [-0.4, -0.2) is 49.5 Å². The van der Waals surface area contributed by atoms with Crippen LogP contribution in [0.1, 0.15) is 70.3 Å². The van der Waals surface area contributed by atoms with E-state index in [4.69, 9.17) is 16.0 Å². The second-order valence-electron chi connectivity index (χ2n) is 12.1. The molecule has 1 aliphatic carbocycles. The number of urea groups is 1. The van der Waals surface area contributed by atoms with E-state index in [1.165, 1.54) is 29.6 Å². The fourth-order valence-corrected chi connectivity index (χ4v) is 6.57. The fraction of sp³-hybridized carbons (Fsp3) is 0.593. The highest BCUT2D eigenvalue weighted by Gasteiger charge is 2.45. The van der Waals surface area contributed by atoms with Crippen molar-refractivity contribution >= 4 is 25.9 Å². The lowest BCUT2D eigenvalue weighted by atomic mass is 9.85. The first kappa shape index (κ1) is 30.1. The highest BCUT2D eigenvalue weighted by Crippen LogP contribution is 2.43. The van der Waals surface area contributed by atoms with Gasteiger partial charge in [0, 0.05) is 6.07 Å². The molecule has 0 saturated heterocycles. The molecule has 2 N–H and O–H groups in total. The van der Waals surface area contributed by atoms with Crippen molar-refractivity contribution in [1.82, 2.24) is 40.2 Å². The first-order chi connectivity index (χ1) is 18.8. The van der Waals surface area contributed by atoms with Crippen molar-refractivity contribution in [3.8, 4) is 5.69 Å². The van der Waals surface area contributed by atoms with Crippen LogP contribution < -0.4 is 10.6 Å². The molecule has 0 aliphatic heterocycles. The molecule has 1 saturated carbocycles. The molecule has 13 heteroatoms. The number of rotatable bonds is 9. The quantitative estimate of drug-likeness (QED) is 0.310. The third-order valence-corrected chi connectivity index (χ3v) is 12.8. The SMILES string of the molecule is Cc1nc(CNC(=O)NCc2ncnn2CC2(O[Si](C)(C)C(C)(C)C)CCCCC2)n(-c2ccc(Cl)c(F)c2)n1. The van der Waals surface area contributed by atoms with Gasteiger partial charge in [-0.1, -0.05) is 51.6 Å². The number of nitrogens with one attached hydrogen (secondary N) is 2. The average molecular weight is 591 g/mol. The van der Waals surface area contributed by atoms with Gasteiger partial charge < -0.3 is 15.1 Å². The molecule has 10 nitrogen and oxygen atoms in total. The first-order valence-corrected chi connectivity index (χ1v) is 17.0.